The summed E-state index contributed by atoms with van der Waals surface area (Å²) in [5.41, 5.74) is 2.50. The Morgan fingerprint density at radius 2 is 1.83 bits per heavy atom. The van der Waals surface area contributed by atoms with Crippen molar-refractivity contribution in [3.8, 4) is 28.1 Å². The van der Waals surface area contributed by atoms with E-state index in [2.05, 4.69) is 64.8 Å². The number of likely N-dealkylation sites (tertiary alicyclic amines) is 1. The highest BCUT2D eigenvalue weighted by molar-refractivity contribution is 5.78. The van der Waals surface area contributed by atoms with Gasteiger partial charge in [-0.1, -0.05) is 19.4 Å². The minimum Gasteiger partial charge on any atom is -0.507 e. The van der Waals surface area contributed by atoms with Crippen LogP contribution in [0.25, 0.3) is 22.4 Å². The number of anilines is 1. The molecule has 0 saturated carbocycles. The van der Waals surface area contributed by atoms with Crippen molar-refractivity contribution in [1.29, 1.82) is 0 Å². The van der Waals surface area contributed by atoms with Crippen molar-refractivity contribution in [2.24, 2.45) is 0 Å². The van der Waals surface area contributed by atoms with E-state index in [0.29, 0.717) is 17.7 Å². The monoisotopic (exact) mass is 490 g/mol. The second-order valence-corrected chi connectivity index (χ2v) is 11.1. The number of phenolic OH excluding ortho intramolecular Hbond substituents is 1. The van der Waals surface area contributed by atoms with Crippen LogP contribution in [-0.2, 0) is 4.79 Å². The van der Waals surface area contributed by atoms with Crippen molar-refractivity contribution in [3.05, 3.63) is 42.7 Å². The third-order valence-corrected chi connectivity index (χ3v) is 7.34. The number of piperidine rings is 1. The van der Waals surface area contributed by atoms with Gasteiger partial charge in [0.1, 0.15) is 5.75 Å². The van der Waals surface area contributed by atoms with E-state index in [1.54, 1.807) is 18.5 Å². The predicted octanol–water partition coefficient (Wildman–Crippen LogP) is 5.41. The Bertz CT molecular complexity index is 1170. The van der Waals surface area contributed by atoms with Crippen LogP contribution >= 0.6 is 0 Å². The molecule has 0 atom stereocenters. The number of H-pyrrole nitrogens is 1. The summed E-state index contributed by atoms with van der Waals surface area (Å²) in [5.74, 6) is 1.17. The van der Waals surface area contributed by atoms with E-state index in [9.17, 15) is 9.90 Å². The molecular weight excluding hydrogens is 452 g/mol. The highest BCUT2D eigenvalue weighted by Crippen LogP contribution is 2.41. The molecule has 2 N–H and O–H groups in total. The molecule has 3 aromatic rings. The van der Waals surface area contributed by atoms with Crippen molar-refractivity contribution in [2.45, 2.75) is 83.8 Å². The molecule has 1 aliphatic rings. The number of hydrogen-bond donors (Lipinski definition) is 2. The lowest BCUT2D eigenvalue weighted by atomic mass is 9.76. The van der Waals surface area contributed by atoms with Crippen molar-refractivity contribution in [2.75, 3.05) is 11.9 Å². The highest BCUT2D eigenvalue weighted by atomic mass is 16.3. The normalized spacial score (nSPS) is 17.2. The van der Waals surface area contributed by atoms with Crippen molar-refractivity contribution in [3.63, 3.8) is 0 Å². The van der Waals surface area contributed by atoms with Crippen molar-refractivity contribution in [1.82, 2.24) is 25.3 Å². The average molecular weight is 491 g/mol. The summed E-state index contributed by atoms with van der Waals surface area (Å²) in [7, 11) is 2.05. The first kappa shape index (κ1) is 25.7. The van der Waals surface area contributed by atoms with Gasteiger partial charge in [0.25, 0.3) is 0 Å². The minimum absolute atomic E-state index is 0.146. The van der Waals surface area contributed by atoms with Gasteiger partial charge in [-0.25, -0.2) is 0 Å². The zero-order valence-corrected chi connectivity index (χ0v) is 22.2. The van der Waals surface area contributed by atoms with E-state index in [1.807, 2.05) is 31.3 Å². The molecule has 4 rings (SSSR count). The fourth-order valence-electron chi connectivity index (χ4n) is 5.80. The number of unbranched alkanes of at least 4 members (excludes halogenated alkanes) is 1. The fraction of sp³-hybridized carbons (Fsp3) is 0.500. The largest absolute Gasteiger partial charge is 0.507 e. The summed E-state index contributed by atoms with van der Waals surface area (Å²) in [4.78, 5) is 17.4. The molecule has 192 valence electrons. The van der Waals surface area contributed by atoms with Gasteiger partial charge in [0.05, 0.1) is 11.9 Å². The number of nitrogens with zero attached hydrogens (tertiary/aromatic N) is 5. The second kappa shape index (κ2) is 9.91. The Balaban J connectivity index is 1.51. The maximum absolute atomic E-state index is 13.1. The molecule has 8 nitrogen and oxygen atoms in total. The SMILES string of the molecule is CCCCC(=O)N1C(C)(C)CC(N(C)c2ccc(-c3ccc(-c4cn[nH]c4)cc3O)nn2)CC1(C)C. The lowest BCUT2D eigenvalue weighted by Crippen LogP contribution is -2.65. The van der Waals surface area contributed by atoms with Crippen molar-refractivity contribution >= 4 is 11.7 Å². The molecule has 0 bridgehead atoms. The number of carbonyl (C=O) groups excluding carboxylic acids is 1. The topological polar surface area (TPSA) is 98.2 Å². The van der Waals surface area contributed by atoms with E-state index in [0.717, 1.165) is 42.6 Å². The van der Waals surface area contributed by atoms with Crippen LogP contribution in [-0.4, -0.2) is 60.5 Å². The molecular formula is C28H38N6O2. The Morgan fingerprint density at radius 3 is 2.39 bits per heavy atom. The number of amides is 1. The molecule has 8 heteroatoms. The molecule has 0 aliphatic carbocycles. The number of aromatic amines is 1. The first-order valence-electron chi connectivity index (χ1n) is 12.8. The summed E-state index contributed by atoms with van der Waals surface area (Å²) >= 11 is 0. The molecule has 0 unspecified atom stereocenters. The van der Waals surface area contributed by atoms with Gasteiger partial charge in [-0.05, 0) is 76.8 Å². The van der Waals surface area contributed by atoms with E-state index >= 15 is 0 Å². The van der Waals surface area contributed by atoms with Crippen LogP contribution in [0.3, 0.4) is 0 Å². The number of phenols is 1. The number of benzene rings is 1. The zero-order chi connectivity index (χ0) is 26.1. The van der Waals surface area contributed by atoms with Crippen LogP contribution in [0.4, 0.5) is 5.82 Å². The lowest BCUT2D eigenvalue weighted by molar-refractivity contribution is -0.149. The zero-order valence-electron chi connectivity index (χ0n) is 22.2. The smallest absolute Gasteiger partial charge is 0.223 e. The van der Waals surface area contributed by atoms with E-state index < -0.39 is 0 Å². The summed E-state index contributed by atoms with van der Waals surface area (Å²) in [5, 5.41) is 26.3. The van der Waals surface area contributed by atoms with E-state index in [-0.39, 0.29) is 28.8 Å². The van der Waals surface area contributed by atoms with Gasteiger partial charge < -0.3 is 14.9 Å². The average Bonchev–Trinajstić information content (AvgIpc) is 3.36. The van der Waals surface area contributed by atoms with Crippen molar-refractivity contribution < 1.29 is 9.90 Å². The molecule has 1 aromatic carbocycles. The minimum atomic E-state index is -0.263. The molecule has 1 amide bonds. The maximum atomic E-state index is 13.1. The fourth-order valence-corrected chi connectivity index (χ4v) is 5.80. The highest BCUT2D eigenvalue weighted by Gasteiger charge is 2.48. The van der Waals surface area contributed by atoms with E-state index in [1.165, 1.54) is 0 Å². The number of hydrogen-bond acceptors (Lipinski definition) is 6. The second-order valence-electron chi connectivity index (χ2n) is 11.1. The number of rotatable bonds is 7. The number of aromatic nitrogens is 4. The van der Waals surface area contributed by atoms with E-state index in [4.69, 9.17) is 0 Å². The number of nitrogens with one attached hydrogen (secondary N) is 1. The number of carbonyl (C=O) groups is 1. The standard InChI is InChI=1S/C28H38N6O2/c1-7-8-9-26(36)34-27(2,3)15-21(16-28(34,4)5)33(6)25-13-12-23(31-32-25)22-11-10-19(14-24(22)35)20-17-29-30-18-20/h10-14,17-18,21,35H,7-9,15-16H2,1-6H3,(H,29,30). The molecule has 2 aromatic heterocycles. The molecule has 36 heavy (non-hydrogen) atoms. The van der Waals surface area contributed by atoms with Gasteiger partial charge >= 0.3 is 0 Å². The summed E-state index contributed by atoms with van der Waals surface area (Å²) in [6.07, 6.45) is 7.75. The Kier molecular flexibility index (Phi) is 7.07. The van der Waals surface area contributed by atoms with Gasteiger partial charge in [-0.3, -0.25) is 9.89 Å². The molecule has 3 heterocycles. The Hall–Kier alpha value is -3.42. The summed E-state index contributed by atoms with van der Waals surface area (Å²) in [6, 6.07) is 9.55. The molecule has 1 aliphatic heterocycles. The van der Waals surface area contributed by atoms with Gasteiger partial charge in [0.15, 0.2) is 5.82 Å². The van der Waals surface area contributed by atoms with Gasteiger partial charge in [-0.15, -0.1) is 10.2 Å². The third kappa shape index (κ3) is 5.08. The Labute approximate surface area is 213 Å². The first-order chi connectivity index (χ1) is 17.0. The summed E-state index contributed by atoms with van der Waals surface area (Å²) < 4.78 is 0. The van der Waals surface area contributed by atoms with Crippen LogP contribution < -0.4 is 4.90 Å². The quantitative estimate of drug-likeness (QED) is 0.459. The Morgan fingerprint density at radius 1 is 1.11 bits per heavy atom. The van der Waals surface area contributed by atoms with Crippen LogP contribution in [0, 0.1) is 0 Å². The van der Waals surface area contributed by atoms with Crippen LogP contribution in [0.15, 0.2) is 42.7 Å². The number of aromatic hydroxyl groups is 1. The predicted molar refractivity (Wildman–Crippen MR) is 143 cm³/mol. The first-order valence-corrected chi connectivity index (χ1v) is 12.8. The molecule has 0 spiro atoms. The van der Waals surface area contributed by atoms with Crippen LogP contribution in [0.5, 0.6) is 5.75 Å². The molecule has 0 radical (unpaired) electrons. The molecule has 1 saturated heterocycles. The maximum Gasteiger partial charge on any atom is 0.223 e. The lowest BCUT2D eigenvalue weighted by Gasteiger charge is -2.56. The molecule has 1 fully saturated rings. The summed E-state index contributed by atoms with van der Waals surface area (Å²) in [6.45, 7) is 10.8. The van der Waals surface area contributed by atoms with Gasteiger partial charge in [-0.2, -0.15) is 5.10 Å². The van der Waals surface area contributed by atoms with Gasteiger partial charge in [0, 0.05) is 47.9 Å². The third-order valence-electron chi connectivity index (χ3n) is 7.34. The van der Waals surface area contributed by atoms with Gasteiger partial charge in [0.2, 0.25) is 5.91 Å². The van der Waals surface area contributed by atoms with Crippen LogP contribution in [0.2, 0.25) is 0 Å². The van der Waals surface area contributed by atoms with Crippen LogP contribution in [0.1, 0.15) is 66.7 Å².